The first kappa shape index (κ1) is 28.6. The van der Waals surface area contributed by atoms with Crippen molar-refractivity contribution in [3.05, 3.63) is 33.1 Å². The number of H-pyrrole nitrogens is 1. The lowest BCUT2D eigenvalue weighted by molar-refractivity contribution is -0.204. The molecule has 0 radical (unpaired) electrons. The lowest BCUT2D eigenvalue weighted by atomic mass is 9.79. The Kier molecular flexibility index (Phi) is 8.96. The van der Waals surface area contributed by atoms with Crippen LogP contribution in [0, 0.1) is 17.8 Å². The SMILES string of the molecule is CC(=O)OC1C(C)[C@@H](C)C(C)O[C@@H]1C[C@@H](OC(C)=O)[C@H]1O[C@@H](n2ccc(=O)[nH]c2=O)[C@H](OC(C)=O)[C@@H]1C. The molecule has 2 aliphatic heterocycles. The van der Waals surface area contributed by atoms with E-state index < -0.39 is 71.8 Å². The Morgan fingerprint density at radius 1 is 0.919 bits per heavy atom. The van der Waals surface area contributed by atoms with Gasteiger partial charge in [0.1, 0.15) is 18.3 Å². The van der Waals surface area contributed by atoms with Crippen molar-refractivity contribution in [1.29, 1.82) is 0 Å². The molecule has 1 N–H and O–H groups in total. The number of carbonyl (C=O) groups excluding carboxylic acids is 3. The van der Waals surface area contributed by atoms with Gasteiger partial charge in [0.25, 0.3) is 5.56 Å². The highest BCUT2D eigenvalue weighted by Crippen LogP contribution is 2.41. The van der Waals surface area contributed by atoms with Crippen LogP contribution in [0.15, 0.2) is 21.9 Å². The predicted molar refractivity (Wildman–Crippen MR) is 128 cm³/mol. The van der Waals surface area contributed by atoms with Crippen LogP contribution in [0.5, 0.6) is 0 Å². The fourth-order valence-corrected chi connectivity index (χ4v) is 5.24. The number of esters is 3. The molecule has 0 amide bonds. The molecule has 37 heavy (non-hydrogen) atoms. The van der Waals surface area contributed by atoms with Crippen LogP contribution in [0.1, 0.15) is 61.1 Å². The van der Waals surface area contributed by atoms with Gasteiger partial charge in [0.15, 0.2) is 12.3 Å². The average Bonchev–Trinajstić information content (AvgIpc) is 3.09. The summed E-state index contributed by atoms with van der Waals surface area (Å²) in [5.41, 5.74) is -1.33. The minimum atomic E-state index is -1.08. The molecule has 0 aliphatic carbocycles. The van der Waals surface area contributed by atoms with Gasteiger partial charge in [0.05, 0.1) is 12.2 Å². The zero-order valence-electron chi connectivity index (χ0n) is 22.2. The zero-order chi connectivity index (χ0) is 27.6. The molecule has 1 aromatic rings. The number of hydrogen-bond acceptors (Lipinski definition) is 10. The van der Waals surface area contributed by atoms with E-state index in [2.05, 4.69) is 4.98 Å². The number of aromatic nitrogens is 2. The van der Waals surface area contributed by atoms with Crippen molar-refractivity contribution >= 4 is 17.9 Å². The van der Waals surface area contributed by atoms with Crippen LogP contribution in [0.25, 0.3) is 0 Å². The molecule has 10 atom stereocenters. The van der Waals surface area contributed by atoms with Gasteiger partial charge in [0, 0.05) is 51.3 Å². The minimum Gasteiger partial charge on any atom is -0.460 e. The third kappa shape index (κ3) is 6.48. The summed E-state index contributed by atoms with van der Waals surface area (Å²) >= 11 is 0. The number of nitrogens with zero attached hydrogens (tertiary/aromatic N) is 1. The van der Waals surface area contributed by atoms with Gasteiger partial charge in [0.2, 0.25) is 0 Å². The molecule has 2 saturated heterocycles. The Hall–Kier alpha value is -2.99. The highest BCUT2D eigenvalue weighted by atomic mass is 16.6. The first-order valence-corrected chi connectivity index (χ1v) is 12.4. The van der Waals surface area contributed by atoms with Crippen LogP contribution < -0.4 is 11.2 Å². The van der Waals surface area contributed by atoms with Crippen molar-refractivity contribution in [1.82, 2.24) is 9.55 Å². The number of ether oxygens (including phenoxy) is 5. The fourth-order valence-electron chi connectivity index (χ4n) is 5.24. The monoisotopic (exact) mass is 524 g/mol. The Morgan fingerprint density at radius 3 is 2.11 bits per heavy atom. The summed E-state index contributed by atoms with van der Waals surface area (Å²) in [4.78, 5) is 62.1. The lowest BCUT2D eigenvalue weighted by Gasteiger charge is -2.44. The van der Waals surface area contributed by atoms with Crippen molar-refractivity contribution in [2.45, 2.75) is 97.7 Å². The smallest absolute Gasteiger partial charge is 0.330 e. The zero-order valence-corrected chi connectivity index (χ0v) is 22.2. The van der Waals surface area contributed by atoms with E-state index >= 15 is 0 Å². The van der Waals surface area contributed by atoms with Gasteiger partial charge >= 0.3 is 23.6 Å². The number of carbonyl (C=O) groups is 3. The molecule has 206 valence electrons. The summed E-state index contributed by atoms with van der Waals surface area (Å²) in [7, 11) is 0. The second-order valence-electron chi connectivity index (χ2n) is 10.00. The van der Waals surface area contributed by atoms with E-state index in [4.69, 9.17) is 23.7 Å². The summed E-state index contributed by atoms with van der Waals surface area (Å²) in [6.07, 6.45) is -3.65. The van der Waals surface area contributed by atoms with Gasteiger partial charge in [-0.1, -0.05) is 20.8 Å². The van der Waals surface area contributed by atoms with Gasteiger partial charge in [-0.15, -0.1) is 0 Å². The summed E-state index contributed by atoms with van der Waals surface area (Å²) < 4.78 is 30.4. The first-order chi connectivity index (χ1) is 17.3. The number of rotatable bonds is 7. The molecule has 0 spiro atoms. The van der Waals surface area contributed by atoms with Crippen molar-refractivity contribution in [3.63, 3.8) is 0 Å². The molecule has 3 heterocycles. The second kappa shape index (κ2) is 11.6. The van der Waals surface area contributed by atoms with E-state index in [9.17, 15) is 24.0 Å². The topological polar surface area (TPSA) is 152 Å². The maximum absolute atomic E-state index is 12.5. The molecular weight excluding hydrogens is 488 g/mol. The van der Waals surface area contributed by atoms with Crippen LogP contribution >= 0.6 is 0 Å². The highest BCUT2D eigenvalue weighted by molar-refractivity contribution is 5.67. The minimum absolute atomic E-state index is 0.0289. The van der Waals surface area contributed by atoms with E-state index in [0.29, 0.717) is 0 Å². The van der Waals surface area contributed by atoms with E-state index in [-0.39, 0.29) is 24.4 Å². The Morgan fingerprint density at radius 2 is 1.54 bits per heavy atom. The molecule has 0 bridgehead atoms. The van der Waals surface area contributed by atoms with Crippen LogP contribution in [0.2, 0.25) is 0 Å². The van der Waals surface area contributed by atoms with Gasteiger partial charge in [-0.3, -0.25) is 28.7 Å². The van der Waals surface area contributed by atoms with E-state index in [1.807, 2.05) is 20.8 Å². The van der Waals surface area contributed by atoms with Crippen LogP contribution in [0.3, 0.4) is 0 Å². The number of nitrogens with one attached hydrogen (secondary N) is 1. The quantitative estimate of drug-likeness (QED) is 0.408. The highest BCUT2D eigenvalue weighted by Gasteiger charge is 2.51. The number of aromatic amines is 1. The maximum atomic E-state index is 12.5. The van der Waals surface area contributed by atoms with Gasteiger partial charge < -0.3 is 23.7 Å². The molecule has 12 heteroatoms. The van der Waals surface area contributed by atoms with E-state index in [1.54, 1.807) is 6.92 Å². The number of hydrogen-bond donors (Lipinski definition) is 1. The molecule has 1 aromatic heterocycles. The van der Waals surface area contributed by atoms with Crippen LogP contribution in [-0.4, -0.2) is 64.1 Å². The van der Waals surface area contributed by atoms with Crippen molar-refractivity contribution in [3.8, 4) is 0 Å². The van der Waals surface area contributed by atoms with Gasteiger partial charge in [-0.25, -0.2) is 4.79 Å². The maximum Gasteiger partial charge on any atom is 0.330 e. The second-order valence-corrected chi connectivity index (χ2v) is 10.00. The summed E-state index contributed by atoms with van der Waals surface area (Å²) in [5.74, 6) is -2.05. The molecule has 3 unspecified atom stereocenters. The molecule has 2 aliphatic rings. The van der Waals surface area contributed by atoms with Crippen molar-refractivity contribution in [2.75, 3.05) is 0 Å². The standard InChI is InChI=1S/C25H36N2O10/c1-11-12(2)21(35-16(6)29)18(33-14(11)4)10-19(34-15(5)28)22-13(3)23(36-17(7)30)24(37-22)27-9-8-20(31)26-25(27)32/h8-9,11-14,18-19,21-24H,10H2,1-7H3,(H,26,31,32)/t11-,12?,13-,14?,18-,19-,21?,22+,23-,24-/m1/s1. The van der Waals surface area contributed by atoms with E-state index in [1.165, 1.54) is 27.0 Å². The van der Waals surface area contributed by atoms with Crippen molar-refractivity contribution < 1.29 is 38.1 Å². The Bertz CT molecular complexity index is 1110. The average molecular weight is 525 g/mol. The van der Waals surface area contributed by atoms with Crippen LogP contribution in [0.4, 0.5) is 0 Å². The van der Waals surface area contributed by atoms with Crippen LogP contribution in [-0.2, 0) is 38.1 Å². The van der Waals surface area contributed by atoms with Gasteiger partial charge in [-0.05, 0) is 12.8 Å². The Balaban J connectivity index is 1.96. The Labute approximate surface area is 214 Å². The molecule has 12 nitrogen and oxygen atoms in total. The molecule has 2 fully saturated rings. The third-order valence-electron chi connectivity index (χ3n) is 7.34. The third-order valence-corrected chi connectivity index (χ3v) is 7.34. The van der Waals surface area contributed by atoms with Gasteiger partial charge in [-0.2, -0.15) is 0 Å². The predicted octanol–water partition coefficient (Wildman–Crippen LogP) is 1.31. The van der Waals surface area contributed by atoms with E-state index in [0.717, 1.165) is 10.6 Å². The summed E-state index contributed by atoms with van der Waals surface area (Å²) in [5, 5.41) is 0. The largest absolute Gasteiger partial charge is 0.460 e. The molecular formula is C25H36N2O10. The molecule has 0 aromatic carbocycles. The van der Waals surface area contributed by atoms with Crippen molar-refractivity contribution in [2.24, 2.45) is 17.8 Å². The fraction of sp³-hybridized carbons (Fsp3) is 0.720. The molecule has 0 saturated carbocycles. The summed E-state index contributed by atoms with van der Waals surface area (Å²) in [6.45, 7) is 11.5. The lowest BCUT2D eigenvalue weighted by Crippen LogP contribution is -2.52. The molecule has 3 rings (SSSR count). The first-order valence-electron chi connectivity index (χ1n) is 12.4. The normalized spacial score (nSPS) is 34.4. The summed E-state index contributed by atoms with van der Waals surface area (Å²) in [6, 6.07) is 1.15.